The molecule has 3 aromatic carbocycles. The number of hydrogen-bond donors (Lipinski definition) is 1. The Morgan fingerprint density at radius 1 is 0.964 bits per heavy atom. The summed E-state index contributed by atoms with van der Waals surface area (Å²) in [4.78, 5) is 0. The van der Waals surface area contributed by atoms with Crippen molar-refractivity contribution in [2.45, 2.75) is 19.7 Å². The lowest BCUT2D eigenvalue weighted by molar-refractivity contribution is 0.284. The Balaban J connectivity index is 1.65. The normalized spacial score (nSPS) is 10.7. The van der Waals surface area contributed by atoms with Crippen molar-refractivity contribution in [1.82, 2.24) is 5.32 Å². The molecule has 0 amide bonds. The molecule has 0 aliphatic rings. The van der Waals surface area contributed by atoms with Crippen molar-refractivity contribution in [1.29, 1.82) is 0 Å². The van der Waals surface area contributed by atoms with Crippen molar-refractivity contribution in [2.75, 3.05) is 7.11 Å². The molecular formula is C22H20BrClFNO2. The van der Waals surface area contributed by atoms with Crippen molar-refractivity contribution in [3.8, 4) is 11.5 Å². The molecule has 0 saturated heterocycles. The number of rotatable bonds is 8. The Bertz CT molecular complexity index is 934. The van der Waals surface area contributed by atoms with Gasteiger partial charge in [0.05, 0.1) is 7.11 Å². The van der Waals surface area contributed by atoms with Crippen LogP contribution in [0, 0.1) is 5.82 Å². The fourth-order valence-corrected chi connectivity index (χ4v) is 3.37. The number of hydrogen-bond acceptors (Lipinski definition) is 3. The van der Waals surface area contributed by atoms with Gasteiger partial charge < -0.3 is 14.8 Å². The summed E-state index contributed by atoms with van der Waals surface area (Å²) >= 11 is 9.79. The van der Waals surface area contributed by atoms with Crippen LogP contribution in [0.25, 0.3) is 0 Å². The number of ether oxygens (including phenoxy) is 2. The smallest absolute Gasteiger partial charge is 0.162 e. The van der Waals surface area contributed by atoms with Gasteiger partial charge in [0.1, 0.15) is 12.4 Å². The summed E-state index contributed by atoms with van der Waals surface area (Å²) in [7, 11) is 1.61. The summed E-state index contributed by atoms with van der Waals surface area (Å²) < 4.78 is 25.3. The third kappa shape index (κ3) is 5.47. The first-order valence-corrected chi connectivity index (χ1v) is 9.91. The molecule has 0 aromatic heterocycles. The highest BCUT2D eigenvalue weighted by Crippen LogP contribution is 2.34. The van der Waals surface area contributed by atoms with E-state index in [4.69, 9.17) is 21.1 Å². The van der Waals surface area contributed by atoms with Crippen molar-refractivity contribution >= 4 is 27.5 Å². The summed E-state index contributed by atoms with van der Waals surface area (Å²) in [5.74, 6) is 0.992. The summed E-state index contributed by atoms with van der Waals surface area (Å²) in [5, 5.41) is 4.13. The lowest BCUT2D eigenvalue weighted by Gasteiger charge is -2.15. The molecule has 3 rings (SSSR count). The molecule has 0 aliphatic heterocycles. The van der Waals surface area contributed by atoms with E-state index in [9.17, 15) is 4.39 Å². The van der Waals surface area contributed by atoms with Crippen LogP contribution in [0.3, 0.4) is 0 Å². The van der Waals surface area contributed by atoms with Gasteiger partial charge in [-0.15, -0.1) is 0 Å². The van der Waals surface area contributed by atoms with Gasteiger partial charge in [0, 0.05) is 22.6 Å². The van der Waals surface area contributed by atoms with Gasteiger partial charge in [-0.05, 0) is 47.0 Å². The Morgan fingerprint density at radius 3 is 2.39 bits per heavy atom. The van der Waals surface area contributed by atoms with Crippen molar-refractivity contribution < 1.29 is 13.9 Å². The highest BCUT2D eigenvalue weighted by molar-refractivity contribution is 9.10. The van der Waals surface area contributed by atoms with E-state index in [1.807, 2.05) is 36.4 Å². The quantitative estimate of drug-likeness (QED) is 0.436. The number of benzene rings is 3. The van der Waals surface area contributed by atoms with Crippen LogP contribution >= 0.6 is 27.5 Å². The molecule has 0 radical (unpaired) electrons. The monoisotopic (exact) mass is 463 g/mol. The zero-order valence-corrected chi connectivity index (χ0v) is 17.7. The third-order valence-corrected chi connectivity index (χ3v) is 5.34. The summed E-state index contributed by atoms with van der Waals surface area (Å²) in [5.41, 5.74) is 2.97. The van der Waals surface area contributed by atoms with E-state index < -0.39 is 0 Å². The van der Waals surface area contributed by atoms with Gasteiger partial charge in [0.2, 0.25) is 0 Å². The fraction of sp³-hybridized carbons (Fsp3) is 0.182. The van der Waals surface area contributed by atoms with Crippen molar-refractivity contribution in [3.05, 3.63) is 92.7 Å². The first-order valence-electron chi connectivity index (χ1n) is 8.74. The molecule has 0 saturated carbocycles. The number of nitrogens with one attached hydrogen (secondary N) is 1. The van der Waals surface area contributed by atoms with Crippen LogP contribution in [0.1, 0.15) is 16.7 Å². The van der Waals surface area contributed by atoms with Crippen LogP contribution in [-0.2, 0) is 19.7 Å². The minimum Gasteiger partial charge on any atom is -0.493 e. The Morgan fingerprint density at radius 2 is 1.68 bits per heavy atom. The predicted octanol–water partition coefficient (Wildman–Crippen LogP) is 6.12. The second-order valence-electron chi connectivity index (χ2n) is 6.20. The van der Waals surface area contributed by atoms with Gasteiger partial charge in [-0.25, -0.2) is 4.39 Å². The molecule has 0 fully saturated rings. The summed E-state index contributed by atoms with van der Waals surface area (Å²) in [6, 6.07) is 17.8. The predicted molar refractivity (Wildman–Crippen MR) is 113 cm³/mol. The van der Waals surface area contributed by atoms with Crippen molar-refractivity contribution in [3.63, 3.8) is 0 Å². The van der Waals surface area contributed by atoms with Gasteiger partial charge in [0.15, 0.2) is 11.5 Å². The highest BCUT2D eigenvalue weighted by atomic mass is 79.9. The molecule has 0 aliphatic carbocycles. The summed E-state index contributed by atoms with van der Waals surface area (Å²) in [6.07, 6.45) is 0. The van der Waals surface area contributed by atoms with Crippen LogP contribution in [0.4, 0.5) is 4.39 Å². The Labute approximate surface area is 177 Å². The molecule has 0 heterocycles. The summed E-state index contributed by atoms with van der Waals surface area (Å²) in [6.45, 7) is 1.63. The lowest BCUT2D eigenvalue weighted by atomic mass is 10.1. The van der Waals surface area contributed by atoms with E-state index in [0.717, 1.165) is 26.2 Å². The molecule has 6 heteroatoms. The molecule has 3 aromatic rings. The van der Waals surface area contributed by atoms with Gasteiger partial charge in [0.25, 0.3) is 0 Å². The van der Waals surface area contributed by atoms with E-state index in [1.165, 1.54) is 12.1 Å². The van der Waals surface area contributed by atoms with Gasteiger partial charge in [-0.2, -0.15) is 0 Å². The van der Waals surface area contributed by atoms with E-state index in [0.29, 0.717) is 31.2 Å². The zero-order valence-electron chi connectivity index (χ0n) is 15.3. The molecule has 0 unspecified atom stereocenters. The van der Waals surface area contributed by atoms with E-state index in [-0.39, 0.29) is 5.82 Å². The minimum absolute atomic E-state index is 0.266. The Kier molecular flexibility index (Phi) is 7.31. The SMILES string of the molecule is COc1cc(CNCc2ccccc2Cl)c(Br)cc1OCc1ccc(F)cc1. The maximum Gasteiger partial charge on any atom is 0.162 e. The Hall–Kier alpha value is -2.08. The van der Waals surface area contributed by atoms with Crippen LogP contribution in [0.2, 0.25) is 5.02 Å². The van der Waals surface area contributed by atoms with Gasteiger partial charge in [-0.1, -0.05) is 57.9 Å². The molecule has 1 N–H and O–H groups in total. The van der Waals surface area contributed by atoms with Crippen LogP contribution in [0.15, 0.2) is 65.1 Å². The molecule has 0 atom stereocenters. The molecule has 146 valence electrons. The molecule has 0 bridgehead atoms. The van der Waals surface area contributed by atoms with Crippen LogP contribution in [-0.4, -0.2) is 7.11 Å². The van der Waals surface area contributed by atoms with E-state index in [1.54, 1.807) is 19.2 Å². The first-order chi connectivity index (χ1) is 13.6. The molecule has 3 nitrogen and oxygen atoms in total. The number of halogens is 3. The first kappa shape index (κ1) is 20.6. The minimum atomic E-state index is -0.266. The van der Waals surface area contributed by atoms with Crippen molar-refractivity contribution in [2.24, 2.45) is 0 Å². The topological polar surface area (TPSA) is 30.5 Å². The van der Waals surface area contributed by atoms with E-state index in [2.05, 4.69) is 21.2 Å². The lowest BCUT2D eigenvalue weighted by Crippen LogP contribution is -2.13. The van der Waals surface area contributed by atoms with Gasteiger partial charge >= 0.3 is 0 Å². The fourth-order valence-electron chi connectivity index (χ4n) is 2.70. The maximum atomic E-state index is 13.0. The zero-order chi connectivity index (χ0) is 19.9. The molecule has 28 heavy (non-hydrogen) atoms. The van der Waals surface area contributed by atoms with Gasteiger partial charge in [-0.3, -0.25) is 0 Å². The highest BCUT2D eigenvalue weighted by Gasteiger charge is 2.11. The second-order valence-corrected chi connectivity index (χ2v) is 7.47. The largest absolute Gasteiger partial charge is 0.493 e. The molecule has 0 spiro atoms. The van der Waals surface area contributed by atoms with E-state index >= 15 is 0 Å². The third-order valence-electron chi connectivity index (χ3n) is 4.23. The van der Waals surface area contributed by atoms with Crippen LogP contribution < -0.4 is 14.8 Å². The standard InChI is InChI=1S/C22H20BrClFNO2/c1-27-21-10-17(13-26-12-16-4-2-3-5-20(16)24)19(23)11-22(21)28-14-15-6-8-18(25)9-7-15/h2-11,26H,12-14H2,1H3. The number of methoxy groups -OCH3 is 1. The van der Waals surface area contributed by atoms with Crippen LogP contribution in [0.5, 0.6) is 11.5 Å². The average Bonchev–Trinajstić information content (AvgIpc) is 2.70. The average molecular weight is 465 g/mol. The molecular weight excluding hydrogens is 445 g/mol. The second kappa shape index (κ2) is 9.92. The maximum absolute atomic E-state index is 13.0.